The molecule has 0 aliphatic carbocycles. The summed E-state index contributed by atoms with van der Waals surface area (Å²) < 4.78 is 15.2. The first kappa shape index (κ1) is 16.1. The van der Waals surface area contributed by atoms with Crippen molar-refractivity contribution in [1.29, 1.82) is 0 Å². The highest BCUT2D eigenvalue weighted by molar-refractivity contribution is 5.92. The minimum Gasteiger partial charge on any atom is -0.330 e. The van der Waals surface area contributed by atoms with Gasteiger partial charge in [-0.05, 0) is 37.4 Å². The number of anilines is 1. The molecule has 0 saturated heterocycles. The average molecular weight is 326 g/mol. The molecule has 124 valence electrons. The molecule has 3 rings (SSSR count). The van der Waals surface area contributed by atoms with Crippen molar-refractivity contribution in [2.45, 2.75) is 6.54 Å². The Morgan fingerprint density at radius 1 is 1.25 bits per heavy atom. The third kappa shape index (κ3) is 3.60. The molecule has 1 N–H and O–H groups in total. The number of hydrogen-bond donors (Lipinski definition) is 1. The van der Waals surface area contributed by atoms with Crippen LogP contribution in [0.2, 0.25) is 0 Å². The van der Waals surface area contributed by atoms with E-state index in [0.717, 1.165) is 16.9 Å². The number of nitrogens with one attached hydrogen (secondary N) is 1. The molecule has 6 heteroatoms. The summed E-state index contributed by atoms with van der Waals surface area (Å²) in [5, 5.41) is 2.69. The molecule has 3 aromatic rings. The minimum absolute atomic E-state index is 0.193. The first-order chi connectivity index (χ1) is 11.5. The summed E-state index contributed by atoms with van der Waals surface area (Å²) in [5.41, 5.74) is 2.45. The van der Waals surface area contributed by atoms with Crippen molar-refractivity contribution in [3.8, 4) is 0 Å². The molecule has 2 aromatic carbocycles. The molecule has 0 radical (unpaired) electrons. The number of amides is 1. The van der Waals surface area contributed by atoms with Crippen LogP contribution < -0.4 is 5.32 Å². The fraction of sp³-hybridized carbons (Fsp3) is 0.222. The van der Waals surface area contributed by atoms with Gasteiger partial charge in [0.15, 0.2) is 0 Å². The molecule has 0 unspecified atom stereocenters. The highest BCUT2D eigenvalue weighted by Gasteiger charge is 2.12. The van der Waals surface area contributed by atoms with E-state index in [1.807, 2.05) is 47.8 Å². The molecule has 1 aromatic heterocycles. The number of halogens is 1. The number of fused-ring (bicyclic) bond motifs is 1. The zero-order valence-electron chi connectivity index (χ0n) is 13.7. The Kier molecular flexibility index (Phi) is 4.57. The van der Waals surface area contributed by atoms with E-state index < -0.39 is 0 Å². The van der Waals surface area contributed by atoms with Crippen molar-refractivity contribution in [2.75, 3.05) is 18.9 Å². The summed E-state index contributed by atoms with van der Waals surface area (Å²) in [7, 11) is 3.82. The molecular weight excluding hydrogens is 307 g/mol. The molecule has 0 spiro atoms. The Labute approximate surface area is 139 Å². The van der Waals surface area contributed by atoms with E-state index >= 15 is 0 Å². The number of para-hydroxylation sites is 2. The number of rotatable bonds is 5. The van der Waals surface area contributed by atoms with Gasteiger partial charge in [0, 0.05) is 12.7 Å². The summed E-state index contributed by atoms with van der Waals surface area (Å²) >= 11 is 0. The third-order valence-electron chi connectivity index (χ3n) is 3.81. The second-order valence-electron chi connectivity index (χ2n) is 5.81. The summed E-state index contributed by atoms with van der Waals surface area (Å²) in [4.78, 5) is 18.5. The molecule has 1 heterocycles. The van der Waals surface area contributed by atoms with Crippen LogP contribution in [-0.2, 0) is 18.4 Å². The summed E-state index contributed by atoms with van der Waals surface area (Å²) in [6.45, 7) is 0.738. The van der Waals surface area contributed by atoms with E-state index in [4.69, 9.17) is 0 Å². The van der Waals surface area contributed by atoms with Gasteiger partial charge in [-0.2, -0.15) is 0 Å². The van der Waals surface area contributed by atoms with Gasteiger partial charge < -0.3 is 9.88 Å². The highest BCUT2D eigenvalue weighted by Crippen LogP contribution is 2.15. The number of carbonyl (C=O) groups is 1. The Bertz CT molecular complexity index is 874. The lowest BCUT2D eigenvalue weighted by Gasteiger charge is -2.16. The summed E-state index contributed by atoms with van der Waals surface area (Å²) in [5.74, 6) is 0.319. The summed E-state index contributed by atoms with van der Waals surface area (Å²) in [6.07, 6.45) is 0. The van der Waals surface area contributed by atoms with E-state index in [1.165, 1.54) is 12.1 Å². The number of carbonyl (C=O) groups excluding carboxylic acids is 1. The number of aromatic nitrogens is 2. The van der Waals surface area contributed by atoms with E-state index in [-0.39, 0.29) is 18.3 Å². The zero-order valence-corrected chi connectivity index (χ0v) is 13.7. The van der Waals surface area contributed by atoms with E-state index in [2.05, 4.69) is 10.3 Å². The van der Waals surface area contributed by atoms with Gasteiger partial charge in [-0.15, -0.1) is 0 Å². The Morgan fingerprint density at radius 2 is 2.04 bits per heavy atom. The second-order valence-corrected chi connectivity index (χ2v) is 5.81. The van der Waals surface area contributed by atoms with Crippen molar-refractivity contribution in [2.24, 2.45) is 7.05 Å². The highest BCUT2D eigenvalue weighted by atomic mass is 19.1. The average Bonchev–Trinajstić information content (AvgIpc) is 2.83. The molecule has 5 nitrogen and oxygen atoms in total. The maximum atomic E-state index is 13.1. The van der Waals surface area contributed by atoms with Crippen LogP contribution in [-0.4, -0.2) is 34.0 Å². The van der Waals surface area contributed by atoms with Gasteiger partial charge in [0.05, 0.1) is 24.1 Å². The van der Waals surface area contributed by atoms with Crippen LogP contribution in [0.3, 0.4) is 0 Å². The largest absolute Gasteiger partial charge is 0.330 e. The maximum absolute atomic E-state index is 13.1. The third-order valence-corrected chi connectivity index (χ3v) is 3.81. The Morgan fingerprint density at radius 3 is 2.79 bits per heavy atom. The lowest BCUT2D eigenvalue weighted by atomic mass is 10.3. The van der Waals surface area contributed by atoms with Gasteiger partial charge in [0.25, 0.3) is 0 Å². The molecule has 24 heavy (non-hydrogen) atoms. The Balaban J connectivity index is 1.63. The van der Waals surface area contributed by atoms with Crippen LogP contribution >= 0.6 is 0 Å². The predicted octanol–water partition coefficient (Wildman–Crippen LogP) is 2.78. The topological polar surface area (TPSA) is 50.2 Å². The van der Waals surface area contributed by atoms with Gasteiger partial charge in [-0.1, -0.05) is 18.2 Å². The molecular formula is C18H19FN4O. The lowest BCUT2D eigenvalue weighted by molar-refractivity contribution is -0.117. The van der Waals surface area contributed by atoms with Crippen LogP contribution in [0, 0.1) is 5.82 Å². The maximum Gasteiger partial charge on any atom is 0.238 e. The van der Waals surface area contributed by atoms with Gasteiger partial charge in [0.2, 0.25) is 5.91 Å². The molecule has 0 aliphatic heterocycles. The predicted molar refractivity (Wildman–Crippen MR) is 92.1 cm³/mol. The fourth-order valence-electron chi connectivity index (χ4n) is 2.65. The summed E-state index contributed by atoms with van der Waals surface area (Å²) in [6, 6.07) is 13.8. The monoisotopic (exact) mass is 326 g/mol. The molecule has 0 fully saturated rings. The number of hydrogen-bond acceptors (Lipinski definition) is 3. The molecule has 0 aliphatic rings. The van der Waals surface area contributed by atoms with Gasteiger partial charge in [0.1, 0.15) is 11.6 Å². The number of aryl methyl sites for hydroxylation is 1. The first-order valence-electron chi connectivity index (χ1n) is 7.67. The van der Waals surface area contributed by atoms with Gasteiger partial charge in [-0.25, -0.2) is 9.37 Å². The van der Waals surface area contributed by atoms with Gasteiger partial charge in [-0.3, -0.25) is 9.69 Å². The number of imidazole rings is 1. The quantitative estimate of drug-likeness (QED) is 0.784. The SMILES string of the molecule is CN(CC(=O)Nc1cccc(F)c1)Cc1nc2ccccc2n1C. The van der Waals surface area contributed by atoms with Crippen molar-refractivity contribution < 1.29 is 9.18 Å². The van der Waals surface area contributed by atoms with Crippen molar-refractivity contribution in [1.82, 2.24) is 14.5 Å². The standard InChI is InChI=1S/C18H19FN4O/c1-22(12-18(24)20-14-7-5-6-13(19)10-14)11-17-21-15-8-3-4-9-16(15)23(17)2/h3-10H,11-12H2,1-2H3,(H,20,24). The van der Waals surface area contributed by atoms with Crippen LogP contribution in [0.1, 0.15) is 5.82 Å². The fourth-order valence-corrected chi connectivity index (χ4v) is 2.65. The number of benzene rings is 2. The second kappa shape index (κ2) is 6.80. The van der Waals surface area contributed by atoms with Crippen molar-refractivity contribution >= 4 is 22.6 Å². The first-order valence-corrected chi connectivity index (χ1v) is 7.67. The number of nitrogens with zero attached hydrogens (tertiary/aromatic N) is 3. The van der Waals surface area contributed by atoms with Crippen LogP contribution in [0.4, 0.5) is 10.1 Å². The van der Waals surface area contributed by atoms with Gasteiger partial charge >= 0.3 is 0 Å². The molecule has 0 bridgehead atoms. The zero-order chi connectivity index (χ0) is 17.1. The molecule has 0 saturated carbocycles. The minimum atomic E-state index is -0.374. The lowest BCUT2D eigenvalue weighted by Crippen LogP contribution is -2.30. The van der Waals surface area contributed by atoms with Crippen LogP contribution in [0.15, 0.2) is 48.5 Å². The normalized spacial score (nSPS) is 11.2. The van der Waals surface area contributed by atoms with Crippen molar-refractivity contribution in [3.05, 3.63) is 60.2 Å². The van der Waals surface area contributed by atoms with Crippen LogP contribution in [0.5, 0.6) is 0 Å². The molecule has 0 atom stereocenters. The Hall–Kier alpha value is -2.73. The van der Waals surface area contributed by atoms with E-state index in [9.17, 15) is 9.18 Å². The van der Waals surface area contributed by atoms with Crippen LogP contribution in [0.25, 0.3) is 11.0 Å². The van der Waals surface area contributed by atoms with Crippen molar-refractivity contribution in [3.63, 3.8) is 0 Å². The van der Waals surface area contributed by atoms with E-state index in [0.29, 0.717) is 12.2 Å². The smallest absolute Gasteiger partial charge is 0.238 e. The van der Waals surface area contributed by atoms with E-state index in [1.54, 1.807) is 12.1 Å². The number of likely N-dealkylation sites (N-methyl/N-ethyl adjacent to an activating group) is 1. The molecule has 1 amide bonds.